The van der Waals surface area contributed by atoms with Crippen LogP contribution in [0.2, 0.25) is 0 Å². The zero-order valence-corrected chi connectivity index (χ0v) is 12.5. The highest BCUT2D eigenvalue weighted by Gasteiger charge is 2.16. The Hall–Kier alpha value is -2.34. The van der Waals surface area contributed by atoms with Crippen molar-refractivity contribution < 1.29 is 14.7 Å². The van der Waals surface area contributed by atoms with Gasteiger partial charge in [-0.1, -0.05) is 12.1 Å². The first-order chi connectivity index (χ1) is 9.99. The number of aromatic carboxylic acids is 1. The highest BCUT2D eigenvalue weighted by atomic mass is 32.1. The molecule has 0 saturated heterocycles. The molecule has 6 heteroatoms. The van der Waals surface area contributed by atoms with Crippen LogP contribution in [0.5, 0.6) is 0 Å². The van der Waals surface area contributed by atoms with Crippen LogP contribution in [0.1, 0.15) is 34.5 Å². The van der Waals surface area contributed by atoms with Crippen LogP contribution in [0.25, 0.3) is 0 Å². The molecule has 1 aromatic carbocycles. The highest BCUT2D eigenvalue weighted by Crippen LogP contribution is 2.20. The molecule has 0 fully saturated rings. The van der Waals surface area contributed by atoms with E-state index in [0.717, 1.165) is 5.56 Å². The van der Waals surface area contributed by atoms with Crippen LogP contribution < -0.4 is 10.6 Å². The van der Waals surface area contributed by atoms with Gasteiger partial charge in [0.25, 0.3) is 0 Å². The Morgan fingerprint density at radius 3 is 2.67 bits per heavy atom. The Bertz CT molecular complexity index is 653. The number of amides is 2. The van der Waals surface area contributed by atoms with Gasteiger partial charge in [-0.25, -0.2) is 9.59 Å². The van der Waals surface area contributed by atoms with Gasteiger partial charge in [0.2, 0.25) is 0 Å². The van der Waals surface area contributed by atoms with Crippen molar-refractivity contribution in [1.29, 1.82) is 0 Å². The summed E-state index contributed by atoms with van der Waals surface area (Å²) in [5.41, 5.74) is 2.01. The van der Waals surface area contributed by atoms with E-state index in [1.165, 1.54) is 0 Å². The molecule has 1 atom stereocenters. The van der Waals surface area contributed by atoms with E-state index in [0.29, 0.717) is 5.56 Å². The maximum absolute atomic E-state index is 12.0. The molecule has 1 heterocycles. The lowest BCUT2D eigenvalue weighted by molar-refractivity contribution is 0.0697. The van der Waals surface area contributed by atoms with E-state index in [4.69, 9.17) is 0 Å². The fourth-order valence-corrected chi connectivity index (χ4v) is 2.77. The molecule has 110 valence electrons. The van der Waals surface area contributed by atoms with Gasteiger partial charge in [0.15, 0.2) is 0 Å². The summed E-state index contributed by atoms with van der Waals surface area (Å²) >= 11 is 1.56. The Morgan fingerprint density at radius 1 is 1.29 bits per heavy atom. The monoisotopic (exact) mass is 304 g/mol. The fraction of sp³-hybridized carbons (Fsp3) is 0.200. The van der Waals surface area contributed by atoms with Crippen molar-refractivity contribution in [3.8, 4) is 0 Å². The van der Waals surface area contributed by atoms with Gasteiger partial charge in [0.05, 0.1) is 17.3 Å². The zero-order valence-electron chi connectivity index (χ0n) is 11.7. The predicted molar refractivity (Wildman–Crippen MR) is 83.0 cm³/mol. The number of rotatable bonds is 4. The average Bonchev–Trinajstić information content (AvgIpc) is 2.91. The van der Waals surface area contributed by atoms with Gasteiger partial charge < -0.3 is 15.7 Å². The van der Waals surface area contributed by atoms with Gasteiger partial charge in [-0.2, -0.15) is 11.3 Å². The molecule has 2 aromatic rings. The Balaban J connectivity index is 2.10. The number of carboxylic acids is 1. The summed E-state index contributed by atoms with van der Waals surface area (Å²) in [5, 5.41) is 18.5. The molecule has 2 amide bonds. The van der Waals surface area contributed by atoms with E-state index in [9.17, 15) is 14.7 Å². The lowest BCUT2D eigenvalue weighted by atomic mass is 10.1. The minimum atomic E-state index is -1.06. The zero-order chi connectivity index (χ0) is 15.4. The van der Waals surface area contributed by atoms with Crippen LogP contribution in [-0.4, -0.2) is 17.1 Å². The number of hydrogen-bond donors (Lipinski definition) is 3. The van der Waals surface area contributed by atoms with E-state index < -0.39 is 12.0 Å². The molecule has 0 spiro atoms. The molecule has 1 aromatic heterocycles. The fourth-order valence-electron chi connectivity index (χ4n) is 2.02. The van der Waals surface area contributed by atoms with Gasteiger partial charge in [0.1, 0.15) is 0 Å². The maximum Gasteiger partial charge on any atom is 0.338 e. The summed E-state index contributed by atoms with van der Waals surface area (Å²) in [7, 11) is 0. The van der Waals surface area contributed by atoms with Gasteiger partial charge in [0, 0.05) is 0 Å². The van der Waals surface area contributed by atoms with Crippen LogP contribution in [0.3, 0.4) is 0 Å². The highest BCUT2D eigenvalue weighted by molar-refractivity contribution is 7.07. The number of carbonyl (C=O) groups excluding carboxylic acids is 1. The number of carbonyl (C=O) groups is 2. The summed E-state index contributed by atoms with van der Waals surface area (Å²) in [6.07, 6.45) is 0. The smallest absolute Gasteiger partial charge is 0.338 e. The normalized spacial score (nSPS) is 11.7. The first-order valence-corrected chi connectivity index (χ1v) is 7.36. The average molecular weight is 304 g/mol. The minimum absolute atomic E-state index is 0.107. The summed E-state index contributed by atoms with van der Waals surface area (Å²) in [6, 6.07) is 6.34. The molecule has 1 unspecified atom stereocenters. The second kappa shape index (κ2) is 6.41. The van der Waals surface area contributed by atoms with Crippen molar-refractivity contribution >= 4 is 29.0 Å². The van der Waals surface area contributed by atoms with E-state index in [1.54, 1.807) is 36.5 Å². The number of thiophene rings is 1. The van der Waals surface area contributed by atoms with Crippen molar-refractivity contribution in [1.82, 2.24) is 5.32 Å². The lowest BCUT2D eigenvalue weighted by Crippen LogP contribution is -2.31. The molecule has 0 bridgehead atoms. The van der Waals surface area contributed by atoms with Crippen molar-refractivity contribution in [2.75, 3.05) is 5.32 Å². The number of benzene rings is 1. The number of urea groups is 1. The molecular weight excluding hydrogens is 288 g/mol. The number of carboxylic acid groups (broad SMARTS) is 1. The summed E-state index contributed by atoms with van der Waals surface area (Å²) in [5.74, 6) is -1.06. The first kappa shape index (κ1) is 15.1. The topological polar surface area (TPSA) is 78.4 Å². The second-order valence-corrected chi connectivity index (χ2v) is 5.46. The number of hydrogen-bond acceptors (Lipinski definition) is 3. The summed E-state index contributed by atoms with van der Waals surface area (Å²) < 4.78 is 0. The quantitative estimate of drug-likeness (QED) is 0.807. The minimum Gasteiger partial charge on any atom is -0.478 e. The third-order valence-electron chi connectivity index (χ3n) is 3.13. The van der Waals surface area contributed by atoms with Crippen LogP contribution in [0.15, 0.2) is 35.0 Å². The van der Waals surface area contributed by atoms with Crippen molar-refractivity contribution in [3.05, 3.63) is 51.7 Å². The van der Waals surface area contributed by atoms with Crippen LogP contribution in [0, 0.1) is 6.92 Å². The predicted octanol–water partition coefficient (Wildman–Crippen LogP) is 3.64. The molecule has 0 aliphatic heterocycles. The number of aryl methyl sites for hydroxylation is 1. The molecule has 21 heavy (non-hydrogen) atoms. The van der Waals surface area contributed by atoms with Crippen molar-refractivity contribution in [3.63, 3.8) is 0 Å². The molecular formula is C15H16N2O3S. The molecule has 0 aliphatic carbocycles. The van der Waals surface area contributed by atoms with Crippen molar-refractivity contribution in [2.45, 2.75) is 19.9 Å². The molecule has 5 nitrogen and oxygen atoms in total. The molecule has 0 saturated carbocycles. The Kier molecular flexibility index (Phi) is 4.59. The molecule has 0 radical (unpaired) electrons. The van der Waals surface area contributed by atoms with E-state index in [1.807, 2.05) is 23.8 Å². The third kappa shape index (κ3) is 3.61. The van der Waals surface area contributed by atoms with Crippen LogP contribution in [0.4, 0.5) is 10.5 Å². The largest absolute Gasteiger partial charge is 0.478 e. The number of anilines is 1. The first-order valence-electron chi connectivity index (χ1n) is 6.41. The molecule has 2 rings (SSSR count). The van der Waals surface area contributed by atoms with Crippen LogP contribution in [-0.2, 0) is 0 Å². The van der Waals surface area contributed by atoms with Gasteiger partial charge in [-0.05, 0) is 47.9 Å². The number of nitrogens with one attached hydrogen (secondary N) is 2. The lowest BCUT2D eigenvalue weighted by Gasteiger charge is -2.15. The maximum atomic E-state index is 12.0. The second-order valence-electron chi connectivity index (χ2n) is 4.68. The molecule has 3 N–H and O–H groups in total. The van der Waals surface area contributed by atoms with E-state index in [-0.39, 0.29) is 17.3 Å². The SMILES string of the molecule is Cc1cccc(NC(=O)NC(C)c2ccsc2)c1C(=O)O. The standard InChI is InChI=1S/C15H16N2O3S/c1-9-4-3-5-12(13(9)14(18)19)17-15(20)16-10(2)11-6-7-21-8-11/h3-8,10H,1-2H3,(H,18,19)(H2,16,17,20). The Morgan fingerprint density at radius 2 is 2.05 bits per heavy atom. The van der Waals surface area contributed by atoms with Gasteiger partial charge in [-0.3, -0.25) is 0 Å². The van der Waals surface area contributed by atoms with E-state index >= 15 is 0 Å². The third-order valence-corrected chi connectivity index (χ3v) is 3.83. The Labute approximate surface area is 126 Å². The van der Waals surface area contributed by atoms with Gasteiger partial charge >= 0.3 is 12.0 Å². The van der Waals surface area contributed by atoms with Gasteiger partial charge in [-0.15, -0.1) is 0 Å². The molecule has 0 aliphatic rings. The summed E-state index contributed by atoms with van der Waals surface area (Å²) in [6.45, 7) is 3.57. The van der Waals surface area contributed by atoms with Crippen LogP contribution >= 0.6 is 11.3 Å². The summed E-state index contributed by atoms with van der Waals surface area (Å²) in [4.78, 5) is 23.3. The van der Waals surface area contributed by atoms with Crippen molar-refractivity contribution in [2.24, 2.45) is 0 Å². The van der Waals surface area contributed by atoms with E-state index in [2.05, 4.69) is 10.6 Å².